The SMILES string of the molecule is O=C(O)CCC/C=C\C[C@H]1[C@@H](O)CC(=O)[C@@H]1CCC1(CCc2ccccc2)OCCO1. The first-order valence-corrected chi connectivity index (χ1v) is 11.4. The summed E-state index contributed by atoms with van der Waals surface area (Å²) in [6.07, 6.45) is 8.48. The summed E-state index contributed by atoms with van der Waals surface area (Å²) >= 11 is 0. The molecule has 0 radical (unpaired) electrons. The highest BCUT2D eigenvalue weighted by Gasteiger charge is 2.43. The van der Waals surface area contributed by atoms with Gasteiger partial charge in [-0.25, -0.2) is 0 Å². The molecule has 0 bridgehead atoms. The van der Waals surface area contributed by atoms with Crippen molar-refractivity contribution < 1.29 is 29.3 Å². The Hall–Kier alpha value is -2.02. The Morgan fingerprint density at radius 2 is 1.87 bits per heavy atom. The van der Waals surface area contributed by atoms with E-state index in [-0.39, 0.29) is 30.5 Å². The number of aliphatic hydroxyl groups is 1. The molecule has 1 saturated carbocycles. The molecule has 3 atom stereocenters. The number of ether oxygens (including phenoxy) is 2. The van der Waals surface area contributed by atoms with Crippen LogP contribution in [0.15, 0.2) is 42.5 Å². The molecule has 0 spiro atoms. The second-order valence-corrected chi connectivity index (χ2v) is 8.63. The Kier molecular flexibility index (Phi) is 8.81. The fraction of sp³-hybridized carbons (Fsp3) is 0.600. The number of allylic oxidation sites excluding steroid dienone is 2. The molecule has 1 aliphatic carbocycles. The number of carboxylic acids is 1. The van der Waals surface area contributed by atoms with Gasteiger partial charge >= 0.3 is 5.97 Å². The minimum Gasteiger partial charge on any atom is -0.481 e. The smallest absolute Gasteiger partial charge is 0.303 e. The van der Waals surface area contributed by atoms with Gasteiger partial charge < -0.3 is 19.7 Å². The molecule has 2 N–H and O–H groups in total. The lowest BCUT2D eigenvalue weighted by molar-refractivity contribution is -0.169. The Morgan fingerprint density at radius 1 is 1.13 bits per heavy atom. The van der Waals surface area contributed by atoms with Crippen LogP contribution in [0.2, 0.25) is 0 Å². The number of unbranched alkanes of at least 4 members (excludes halogenated alkanes) is 1. The molecular weight excluding hydrogens is 396 g/mol. The third-order valence-corrected chi connectivity index (χ3v) is 6.46. The van der Waals surface area contributed by atoms with Gasteiger partial charge in [-0.05, 0) is 43.6 Å². The van der Waals surface area contributed by atoms with E-state index in [9.17, 15) is 14.7 Å². The minimum absolute atomic E-state index is 0.101. The van der Waals surface area contributed by atoms with Gasteiger partial charge in [0, 0.05) is 31.6 Å². The molecule has 6 heteroatoms. The molecule has 1 aromatic carbocycles. The number of carbonyl (C=O) groups is 2. The summed E-state index contributed by atoms with van der Waals surface area (Å²) in [7, 11) is 0. The van der Waals surface area contributed by atoms with Crippen molar-refractivity contribution in [3.63, 3.8) is 0 Å². The van der Waals surface area contributed by atoms with Crippen molar-refractivity contribution in [1.82, 2.24) is 0 Å². The molecule has 3 rings (SSSR count). The number of ketones is 1. The van der Waals surface area contributed by atoms with Crippen molar-refractivity contribution >= 4 is 11.8 Å². The molecule has 6 nitrogen and oxygen atoms in total. The standard InChI is InChI=1S/C25H34O6/c26-22-18-23(27)21(20(22)10-6-1-2-7-11-24(28)29)13-15-25(30-16-17-31-25)14-12-19-8-4-3-5-9-19/h1,3-6,8-9,20-22,26H,2,7,10-18H2,(H,28,29)/b6-1-/t20-,21-,22+/m1/s1. The summed E-state index contributed by atoms with van der Waals surface area (Å²) in [6, 6.07) is 10.2. The van der Waals surface area contributed by atoms with Crippen molar-refractivity contribution in [2.24, 2.45) is 11.8 Å². The minimum atomic E-state index is -0.789. The molecule has 0 aromatic heterocycles. The van der Waals surface area contributed by atoms with Crippen LogP contribution in [-0.2, 0) is 25.5 Å². The predicted octanol–water partition coefficient (Wildman–Crippen LogP) is 3.91. The number of Topliss-reactive ketones (excluding diaryl/α,β-unsaturated/α-hetero) is 1. The third-order valence-electron chi connectivity index (χ3n) is 6.46. The van der Waals surface area contributed by atoms with Crippen LogP contribution in [0.4, 0.5) is 0 Å². The maximum atomic E-state index is 12.6. The van der Waals surface area contributed by atoms with Crippen LogP contribution in [0.3, 0.4) is 0 Å². The van der Waals surface area contributed by atoms with Crippen molar-refractivity contribution in [3.8, 4) is 0 Å². The fourth-order valence-electron chi connectivity index (χ4n) is 4.72. The number of hydrogen-bond donors (Lipinski definition) is 2. The fourth-order valence-corrected chi connectivity index (χ4v) is 4.72. The van der Waals surface area contributed by atoms with Crippen LogP contribution in [0.5, 0.6) is 0 Å². The molecule has 1 saturated heterocycles. The lowest BCUT2D eigenvalue weighted by atomic mass is 9.85. The van der Waals surface area contributed by atoms with Crippen molar-refractivity contribution in [2.45, 2.75) is 69.7 Å². The molecule has 0 unspecified atom stereocenters. The number of aliphatic carboxylic acids is 1. The molecule has 170 valence electrons. The quantitative estimate of drug-likeness (QED) is 0.386. The van der Waals surface area contributed by atoms with Crippen LogP contribution in [0.25, 0.3) is 0 Å². The van der Waals surface area contributed by atoms with E-state index in [1.165, 1.54) is 5.56 Å². The summed E-state index contributed by atoms with van der Waals surface area (Å²) in [4.78, 5) is 23.1. The molecule has 1 aromatic rings. The molecule has 2 fully saturated rings. The van der Waals surface area contributed by atoms with Crippen LogP contribution < -0.4 is 0 Å². The van der Waals surface area contributed by atoms with Gasteiger partial charge in [-0.1, -0.05) is 42.5 Å². The summed E-state index contributed by atoms with van der Waals surface area (Å²) < 4.78 is 12.0. The van der Waals surface area contributed by atoms with Crippen LogP contribution in [0.1, 0.15) is 56.9 Å². The van der Waals surface area contributed by atoms with Gasteiger partial charge in [0.15, 0.2) is 5.79 Å². The molecule has 2 aliphatic rings. The molecule has 31 heavy (non-hydrogen) atoms. The zero-order chi connectivity index (χ0) is 22.1. The maximum absolute atomic E-state index is 12.6. The third kappa shape index (κ3) is 6.99. The van der Waals surface area contributed by atoms with Gasteiger partial charge in [-0.15, -0.1) is 0 Å². The van der Waals surface area contributed by atoms with Crippen LogP contribution in [0, 0.1) is 11.8 Å². The summed E-state index contributed by atoms with van der Waals surface area (Å²) in [6.45, 7) is 1.14. The number of hydrogen-bond acceptors (Lipinski definition) is 5. The first-order valence-electron chi connectivity index (χ1n) is 11.4. The number of carboxylic acid groups (broad SMARTS) is 1. The largest absolute Gasteiger partial charge is 0.481 e. The number of carbonyl (C=O) groups excluding carboxylic acids is 1. The average molecular weight is 431 g/mol. The maximum Gasteiger partial charge on any atom is 0.303 e. The van der Waals surface area contributed by atoms with E-state index in [1.807, 2.05) is 30.4 Å². The van der Waals surface area contributed by atoms with Crippen molar-refractivity contribution in [1.29, 1.82) is 0 Å². The Bertz CT molecular complexity index is 738. The van der Waals surface area contributed by atoms with Gasteiger partial charge in [0.25, 0.3) is 0 Å². The van der Waals surface area contributed by atoms with Gasteiger partial charge in [0.05, 0.1) is 19.3 Å². The topological polar surface area (TPSA) is 93.1 Å². The second-order valence-electron chi connectivity index (χ2n) is 8.63. The highest BCUT2D eigenvalue weighted by atomic mass is 16.7. The van der Waals surface area contributed by atoms with Crippen molar-refractivity contribution in [2.75, 3.05) is 13.2 Å². The first kappa shape index (κ1) is 23.6. The van der Waals surface area contributed by atoms with E-state index in [0.29, 0.717) is 45.3 Å². The lowest BCUT2D eigenvalue weighted by Crippen LogP contribution is -2.33. The molecule has 0 amide bonds. The number of aryl methyl sites for hydroxylation is 1. The monoisotopic (exact) mass is 430 g/mol. The van der Waals surface area contributed by atoms with E-state index in [1.54, 1.807) is 0 Å². The van der Waals surface area contributed by atoms with Gasteiger partial charge in [0.1, 0.15) is 5.78 Å². The zero-order valence-corrected chi connectivity index (χ0v) is 18.1. The average Bonchev–Trinajstić information content (AvgIpc) is 3.32. The number of rotatable bonds is 12. The van der Waals surface area contributed by atoms with E-state index < -0.39 is 17.9 Å². The van der Waals surface area contributed by atoms with E-state index in [4.69, 9.17) is 14.6 Å². The normalized spacial score (nSPS) is 25.5. The van der Waals surface area contributed by atoms with Gasteiger partial charge in [0.2, 0.25) is 0 Å². The highest BCUT2D eigenvalue weighted by molar-refractivity contribution is 5.84. The second kappa shape index (κ2) is 11.6. The molecule has 1 aliphatic heterocycles. The van der Waals surface area contributed by atoms with Crippen LogP contribution in [-0.4, -0.2) is 47.1 Å². The zero-order valence-electron chi connectivity index (χ0n) is 18.1. The Morgan fingerprint density at radius 3 is 2.58 bits per heavy atom. The predicted molar refractivity (Wildman–Crippen MR) is 116 cm³/mol. The Balaban J connectivity index is 1.53. The van der Waals surface area contributed by atoms with Gasteiger partial charge in [-0.3, -0.25) is 9.59 Å². The summed E-state index contributed by atoms with van der Waals surface area (Å²) in [5.41, 5.74) is 1.24. The van der Waals surface area contributed by atoms with Gasteiger partial charge in [-0.2, -0.15) is 0 Å². The van der Waals surface area contributed by atoms with Crippen molar-refractivity contribution in [3.05, 3.63) is 48.0 Å². The molecule has 1 heterocycles. The highest BCUT2D eigenvalue weighted by Crippen LogP contribution is 2.39. The Labute approximate surface area is 184 Å². The lowest BCUT2D eigenvalue weighted by Gasteiger charge is -2.30. The number of aliphatic hydroxyl groups excluding tert-OH is 1. The molecular formula is C25H34O6. The first-order chi connectivity index (χ1) is 15.0. The van der Waals surface area contributed by atoms with E-state index in [0.717, 1.165) is 12.8 Å². The van der Waals surface area contributed by atoms with Crippen LogP contribution >= 0.6 is 0 Å². The van der Waals surface area contributed by atoms with E-state index in [2.05, 4.69) is 12.1 Å². The van der Waals surface area contributed by atoms with E-state index >= 15 is 0 Å². The summed E-state index contributed by atoms with van der Waals surface area (Å²) in [5, 5.41) is 19.1. The number of benzene rings is 1. The summed E-state index contributed by atoms with van der Waals surface area (Å²) in [5.74, 6) is -1.62.